The fraction of sp³-hybridized carbons (Fsp3) is 0.667. The van der Waals surface area contributed by atoms with E-state index >= 15 is 0 Å². The standard InChI is InChI=1S/C18H29NO2/c1-17(2)11-8-12-18(3,4)19(17)13-15(20)14-21-16-9-6-5-7-10-16/h5-7,9-10,15,20H,8,11-14H2,1-4H3/t15-/m1/s1. The second-order valence-electron chi connectivity index (χ2n) is 7.37. The molecule has 1 atom stereocenters. The van der Waals surface area contributed by atoms with E-state index in [-0.39, 0.29) is 11.1 Å². The highest BCUT2D eigenvalue weighted by Gasteiger charge is 2.41. The maximum atomic E-state index is 10.4. The number of hydrogen-bond donors (Lipinski definition) is 1. The monoisotopic (exact) mass is 291 g/mol. The number of likely N-dealkylation sites (tertiary alicyclic amines) is 1. The van der Waals surface area contributed by atoms with Crippen molar-refractivity contribution < 1.29 is 9.84 Å². The van der Waals surface area contributed by atoms with E-state index in [1.807, 2.05) is 30.3 Å². The number of benzene rings is 1. The molecule has 0 amide bonds. The summed E-state index contributed by atoms with van der Waals surface area (Å²) in [6, 6.07) is 9.68. The zero-order chi connectivity index (χ0) is 15.5. The van der Waals surface area contributed by atoms with Crippen molar-refractivity contribution in [2.24, 2.45) is 0 Å². The molecule has 118 valence electrons. The van der Waals surface area contributed by atoms with E-state index in [4.69, 9.17) is 4.74 Å². The van der Waals surface area contributed by atoms with Gasteiger partial charge in [-0.1, -0.05) is 18.2 Å². The van der Waals surface area contributed by atoms with Crippen LogP contribution in [0.2, 0.25) is 0 Å². The van der Waals surface area contributed by atoms with Gasteiger partial charge in [-0.05, 0) is 59.1 Å². The Balaban J connectivity index is 1.92. The molecule has 0 aliphatic carbocycles. The fourth-order valence-electron chi connectivity index (χ4n) is 3.51. The Morgan fingerprint density at radius 2 is 1.67 bits per heavy atom. The Kier molecular flexibility index (Phi) is 4.95. The third-order valence-electron chi connectivity index (χ3n) is 4.62. The number of hydrogen-bond acceptors (Lipinski definition) is 3. The van der Waals surface area contributed by atoms with Crippen molar-refractivity contribution in [3.63, 3.8) is 0 Å². The lowest BCUT2D eigenvalue weighted by Crippen LogP contribution is -2.60. The third kappa shape index (κ3) is 4.21. The van der Waals surface area contributed by atoms with Gasteiger partial charge < -0.3 is 9.84 Å². The van der Waals surface area contributed by atoms with E-state index in [2.05, 4.69) is 32.6 Å². The molecule has 0 unspecified atom stereocenters. The van der Waals surface area contributed by atoms with E-state index in [1.165, 1.54) is 19.3 Å². The van der Waals surface area contributed by atoms with Crippen molar-refractivity contribution in [1.82, 2.24) is 4.90 Å². The summed E-state index contributed by atoms with van der Waals surface area (Å²) in [7, 11) is 0. The fourth-order valence-corrected chi connectivity index (χ4v) is 3.51. The van der Waals surface area contributed by atoms with Crippen molar-refractivity contribution in [2.75, 3.05) is 13.2 Å². The molecule has 3 heteroatoms. The van der Waals surface area contributed by atoms with Crippen LogP contribution in [0.4, 0.5) is 0 Å². The number of ether oxygens (including phenoxy) is 1. The highest BCUT2D eigenvalue weighted by molar-refractivity contribution is 5.20. The minimum absolute atomic E-state index is 0.134. The molecule has 1 aromatic carbocycles. The Morgan fingerprint density at radius 3 is 2.24 bits per heavy atom. The van der Waals surface area contributed by atoms with Gasteiger partial charge in [0.25, 0.3) is 0 Å². The van der Waals surface area contributed by atoms with Gasteiger partial charge in [0.2, 0.25) is 0 Å². The van der Waals surface area contributed by atoms with E-state index in [9.17, 15) is 5.11 Å². The molecule has 1 aliphatic heterocycles. The van der Waals surface area contributed by atoms with Crippen LogP contribution in [0.15, 0.2) is 30.3 Å². The summed E-state index contributed by atoms with van der Waals surface area (Å²) >= 11 is 0. The quantitative estimate of drug-likeness (QED) is 0.901. The van der Waals surface area contributed by atoms with Crippen LogP contribution in [0.1, 0.15) is 47.0 Å². The molecule has 0 saturated carbocycles. The lowest BCUT2D eigenvalue weighted by molar-refractivity contribution is -0.0606. The second kappa shape index (κ2) is 6.37. The average molecular weight is 291 g/mol. The highest BCUT2D eigenvalue weighted by Crippen LogP contribution is 2.38. The van der Waals surface area contributed by atoms with Crippen molar-refractivity contribution >= 4 is 0 Å². The molecule has 2 rings (SSSR count). The topological polar surface area (TPSA) is 32.7 Å². The van der Waals surface area contributed by atoms with Crippen LogP contribution in [-0.2, 0) is 0 Å². The molecule has 1 aliphatic rings. The maximum absolute atomic E-state index is 10.4. The number of aliphatic hydroxyl groups is 1. The zero-order valence-corrected chi connectivity index (χ0v) is 13.8. The zero-order valence-electron chi connectivity index (χ0n) is 13.8. The number of β-amino-alcohol motifs (C(OH)–C–C–N with tert-alkyl or cyclic N) is 1. The SMILES string of the molecule is CC1(C)CCCC(C)(C)N1C[C@@H](O)COc1ccccc1. The molecule has 1 fully saturated rings. The van der Waals surface area contributed by atoms with Gasteiger partial charge in [0.15, 0.2) is 0 Å². The van der Waals surface area contributed by atoms with Gasteiger partial charge in [-0.15, -0.1) is 0 Å². The lowest BCUT2D eigenvalue weighted by atomic mass is 9.79. The molecule has 21 heavy (non-hydrogen) atoms. The summed E-state index contributed by atoms with van der Waals surface area (Å²) < 4.78 is 5.67. The third-order valence-corrected chi connectivity index (χ3v) is 4.62. The first-order chi connectivity index (χ1) is 9.81. The summed E-state index contributed by atoms with van der Waals surface area (Å²) in [6.45, 7) is 10.1. The van der Waals surface area contributed by atoms with Crippen LogP contribution in [0.25, 0.3) is 0 Å². The van der Waals surface area contributed by atoms with Crippen molar-refractivity contribution in [2.45, 2.75) is 64.1 Å². The Bertz CT molecular complexity index is 426. The van der Waals surface area contributed by atoms with Crippen molar-refractivity contribution in [1.29, 1.82) is 0 Å². The smallest absolute Gasteiger partial charge is 0.119 e. The Hall–Kier alpha value is -1.06. The molecule has 0 aromatic heterocycles. The molecule has 1 aromatic rings. The van der Waals surface area contributed by atoms with Gasteiger partial charge in [-0.2, -0.15) is 0 Å². The van der Waals surface area contributed by atoms with Gasteiger partial charge in [-0.3, -0.25) is 4.90 Å². The van der Waals surface area contributed by atoms with Crippen LogP contribution in [0.5, 0.6) is 5.75 Å². The van der Waals surface area contributed by atoms with Gasteiger partial charge in [0, 0.05) is 17.6 Å². The maximum Gasteiger partial charge on any atom is 0.119 e. The normalized spacial score (nSPS) is 22.7. The van der Waals surface area contributed by atoms with Crippen LogP contribution in [-0.4, -0.2) is 40.3 Å². The molecule has 0 spiro atoms. The second-order valence-corrected chi connectivity index (χ2v) is 7.37. The summed E-state index contributed by atoms with van der Waals surface area (Å²) in [4.78, 5) is 2.45. The minimum Gasteiger partial charge on any atom is -0.491 e. The van der Waals surface area contributed by atoms with Gasteiger partial charge in [0.1, 0.15) is 18.5 Å². The molecule has 1 heterocycles. The molecule has 3 nitrogen and oxygen atoms in total. The number of rotatable bonds is 5. The van der Waals surface area contributed by atoms with Gasteiger partial charge in [0.05, 0.1) is 0 Å². The predicted octanol–water partition coefficient (Wildman–Crippen LogP) is 3.47. The Labute approximate surface area is 128 Å². The van der Waals surface area contributed by atoms with Crippen LogP contribution >= 0.6 is 0 Å². The first-order valence-corrected chi connectivity index (χ1v) is 7.95. The largest absolute Gasteiger partial charge is 0.491 e. The molecule has 0 bridgehead atoms. The Morgan fingerprint density at radius 1 is 1.10 bits per heavy atom. The lowest BCUT2D eigenvalue weighted by Gasteiger charge is -2.53. The highest BCUT2D eigenvalue weighted by atomic mass is 16.5. The van der Waals surface area contributed by atoms with Crippen molar-refractivity contribution in [3.05, 3.63) is 30.3 Å². The van der Waals surface area contributed by atoms with E-state index in [0.717, 1.165) is 5.75 Å². The van der Waals surface area contributed by atoms with Crippen LogP contribution < -0.4 is 4.74 Å². The molecular formula is C18H29NO2. The first-order valence-electron chi connectivity index (χ1n) is 7.95. The minimum atomic E-state index is -0.471. The molecule has 1 saturated heterocycles. The number of para-hydroxylation sites is 1. The summed E-state index contributed by atoms with van der Waals surface area (Å²) in [5.41, 5.74) is 0.269. The van der Waals surface area contributed by atoms with Gasteiger partial charge in [-0.25, -0.2) is 0 Å². The van der Waals surface area contributed by atoms with E-state index in [0.29, 0.717) is 13.2 Å². The van der Waals surface area contributed by atoms with E-state index in [1.54, 1.807) is 0 Å². The predicted molar refractivity (Wildman–Crippen MR) is 86.7 cm³/mol. The van der Waals surface area contributed by atoms with Crippen molar-refractivity contribution in [3.8, 4) is 5.75 Å². The van der Waals surface area contributed by atoms with Crippen LogP contribution in [0, 0.1) is 0 Å². The summed E-state index contributed by atoms with van der Waals surface area (Å²) in [6.07, 6.45) is 3.15. The molecule has 1 N–H and O–H groups in total. The summed E-state index contributed by atoms with van der Waals surface area (Å²) in [5.74, 6) is 0.814. The van der Waals surface area contributed by atoms with Gasteiger partial charge >= 0.3 is 0 Å². The first kappa shape index (κ1) is 16.3. The van der Waals surface area contributed by atoms with E-state index < -0.39 is 6.10 Å². The van der Waals surface area contributed by atoms with Crippen LogP contribution in [0.3, 0.4) is 0 Å². The number of aliphatic hydroxyl groups excluding tert-OH is 1. The summed E-state index contributed by atoms with van der Waals surface area (Å²) in [5, 5.41) is 10.4. The molecular weight excluding hydrogens is 262 g/mol. The number of nitrogens with zero attached hydrogens (tertiary/aromatic N) is 1. The average Bonchev–Trinajstić information content (AvgIpc) is 2.41. The number of piperidine rings is 1. The molecule has 0 radical (unpaired) electrons.